The van der Waals surface area contributed by atoms with Crippen LogP contribution in [0.25, 0.3) is 0 Å². The summed E-state index contributed by atoms with van der Waals surface area (Å²) >= 11 is 0. The highest BCUT2D eigenvalue weighted by Gasteiger charge is 2.15. The minimum absolute atomic E-state index is 0.0685. The quantitative estimate of drug-likeness (QED) is 0.821. The van der Waals surface area contributed by atoms with E-state index < -0.39 is 10.0 Å². The minimum atomic E-state index is -3.46. The van der Waals surface area contributed by atoms with Gasteiger partial charge < -0.3 is 4.90 Å². The topological polar surface area (TPSA) is 66.5 Å². The number of sulfonamides is 1. The Bertz CT molecular complexity index is 818. The second-order valence-electron chi connectivity index (χ2n) is 5.47. The number of carbonyl (C=O) groups excluding carboxylic acids is 1. The third-order valence-corrected chi connectivity index (χ3v) is 5.32. The van der Waals surface area contributed by atoms with Gasteiger partial charge in [-0.1, -0.05) is 12.1 Å². The highest BCUT2D eigenvalue weighted by molar-refractivity contribution is 7.89. The summed E-state index contributed by atoms with van der Waals surface area (Å²) in [6, 6.07) is 12.2. The second kappa shape index (κ2) is 8.22. The molecule has 0 fully saturated rings. The minimum Gasteiger partial charge on any atom is -0.313 e. The van der Waals surface area contributed by atoms with Crippen molar-refractivity contribution in [2.75, 3.05) is 18.5 Å². The van der Waals surface area contributed by atoms with Crippen LogP contribution in [0, 0.1) is 5.82 Å². The van der Waals surface area contributed by atoms with Gasteiger partial charge in [-0.15, -0.1) is 0 Å². The van der Waals surface area contributed by atoms with Crippen molar-refractivity contribution in [1.29, 1.82) is 0 Å². The van der Waals surface area contributed by atoms with Crippen LogP contribution in [0.1, 0.15) is 18.9 Å². The summed E-state index contributed by atoms with van der Waals surface area (Å²) in [6.45, 7) is 2.35. The number of rotatable bonds is 7. The molecule has 7 heteroatoms. The average molecular weight is 364 g/mol. The van der Waals surface area contributed by atoms with Crippen molar-refractivity contribution in [1.82, 2.24) is 4.72 Å². The molecule has 2 rings (SSSR count). The molecule has 0 unspecified atom stereocenters. The van der Waals surface area contributed by atoms with Gasteiger partial charge in [0, 0.05) is 18.7 Å². The SMILES string of the molecule is CCN(C(=O)CCc1ccc(S(=O)(=O)NC)cc1)c1ccc(F)cc1. The molecule has 0 aromatic heterocycles. The Labute approximate surface area is 147 Å². The van der Waals surface area contributed by atoms with E-state index in [1.807, 2.05) is 6.92 Å². The lowest BCUT2D eigenvalue weighted by Gasteiger charge is -2.21. The molecule has 0 saturated carbocycles. The van der Waals surface area contributed by atoms with Gasteiger partial charge in [-0.05, 0) is 62.4 Å². The first-order valence-corrected chi connectivity index (χ1v) is 9.44. The molecule has 2 aromatic carbocycles. The van der Waals surface area contributed by atoms with Crippen molar-refractivity contribution in [3.63, 3.8) is 0 Å². The van der Waals surface area contributed by atoms with Crippen molar-refractivity contribution in [3.05, 3.63) is 59.9 Å². The van der Waals surface area contributed by atoms with E-state index in [9.17, 15) is 17.6 Å². The lowest BCUT2D eigenvalue weighted by atomic mass is 10.1. The first-order chi connectivity index (χ1) is 11.9. The number of benzene rings is 2. The van der Waals surface area contributed by atoms with Gasteiger partial charge in [0.1, 0.15) is 5.82 Å². The van der Waals surface area contributed by atoms with Gasteiger partial charge >= 0.3 is 0 Å². The Balaban J connectivity index is 2.02. The van der Waals surface area contributed by atoms with Crippen molar-refractivity contribution < 1.29 is 17.6 Å². The number of nitrogens with one attached hydrogen (secondary N) is 1. The summed E-state index contributed by atoms with van der Waals surface area (Å²) in [5, 5.41) is 0. The number of halogens is 1. The number of hydrogen-bond acceptors (Lipinski definition) is 3. The Morgan fingerprint density at radius 1 is 1.08 bits per heavy atom. The Morgan fingerprint density at radius 3 is 2.20 bits per heavy atom. The molecule has 0 saturated heterocycles. The monoisotopic (exact) mass is 364 g/mol. The van der Waals surface area contributed by atoms with Crippen LogP contribution in [0.2, 0.25) is 0 Å². The van der Waals surface area contributed by atoms with E-state index in [0.717, 1.165) is 5.56 Å². The van der Waals surface area contributed by atoms with E-state index >= 15 is 0 Å². The van der Waals surface area contributed by atoms with Crippen molar-refractivity contribution in [2.45, 2.75) is 24.7 Å². The van der Waals surface area contributed by atoms with Gasteiger partial charge in [-0.3, -0.25) is 4.79 Å². The molecule has 134 valence electrons. The largest absolute Gasteiger partial charge is 0.313 e. The number of hydrogen-bond donors (Lipinski definition) is 1. The number of anilines is 1. The normalized spacial score (nSPS) is 11.3. The summed E-state index contributed by atoms with van der Waals surface area (Å²) < 4.78 is 38.7. The van der Waals surface area contributed by atoms with E-state index in [4.69, 9.17) is 0 Å². The highest BCUT2D eigenvalue weighted by Crippen LogP contribution is 2.17. The predicted molar refractivity (Wildman–Crippen MR) is 95.4 cm³/mol. The Kier molecular flexibility index (Phi) is 6.27. The first kappa shape index (κ1) is 19.1. The fraction of sp³-hybridized carbons (Fsp3) is 0.278. The molecule has 0 radical (unpaired) electrons. The van der Waals surface area contributed by atoms with Crippen LogP contribution in [-0.2, 0) is 21.2 Å². The van der Waals surface area contributed by atoms with E-state index in [0.29, 0.717) is 18.7 Å². The van der Waals surface area contributed by atoms with Crippen LogP contribution in [-0.4, -0.2) is 27.9 Å². The maximum absolute atomic E-state index is 13.0. The highest BCUT2D eigenvalue weighted by atomic mass is 32.2. The van der Waals surface area contributed by atoms with Crippen LogP contribution in [0.15, 0.2) is 53.4 Å². The lowest BCUT2D eigenvalue weighted by Crippen LogP contribution is -2.30. The zero-order valence-electron chi connectivity index (χ0n) is 14.2. The molecular formula is C18H21FN2O3S. The van der Waals surface area contributed by atoms with Crippen LogP contribution in [0.4, 0.5) is 10.1 Å². The number of amides is 1. The Morgan fingerprint density at radius 2 is 1.68 bits per heavy atom. The molecule has 0 aliphatic rings. The molecule has 0 aliphatic carbocycles. The standard InChI is InChI=1S/C18H21FN2O3S/c1-3-21(16-9-7-15(19)8-10-16)18(22)13-6-14-4-11-17(12-5-14)25(23,24)20-2/h4-5,7-12,20H,3,6,13H2,1-2H3. The lowest BCUT2D eigenvalue weighted by molar-refractivity contribution is -0.118. The van der Waals surface area contributed by atoms with Crippen LogP contribution >= 0.6 is 0 Å². The van der Waals surface area contributed by atoms with Gasteiger partial charge in [0.05, 0.1) is 4.90 Å². The fourth-order valence-corrected chi connectivity index (χ4v) is 3.19. The van der Waals surface area contributed by atoms with E-state index in [-0.39, 0.29) is 23.0 Å². The van der Waals surface area contributed by atoms with Gasteiger partial charge in [0.25, 0.3) is 0 Å². The zero-order chi connectivity index (χ0) is 18.4. The Hall–Kier alpha value is -2.25. The number of aryl methyl sites for hydroxylation is 1. The van der Waals surface area contributed by atoms with Gasteiger partial charge in [-0.25, -0.2) is 17.5 Å². The maximum Gasteiger partial charge on any atom is 0.240 e. The number of carbonyl (C=O) groups is 1. The maximum atomic E-state index is 13.0. The van der Waals surface area contributed by atoms with Gasteiger partial charge in [0.2, 0.25) is 15.9 Å². The van der Waals surface area contributed by atoms with Crippen molar-refractivity contribution >= 4 is 21.6 Å². The van der Waals surface area contributed by atoms with Crippen LogP contribution in [0.3, 0.4) is 0 Å². The molecule has 0 spiro atoms. The summed E-state index contributed by atoms with van der Waals surface area (Å²) in [6.07, 6.45) is 0.778. The molecular weight excluding hydrogens is 343 g/mol. The molecule has 0 atom stereocenters. The molecule has 2 aromatic rings. The molecule has 1 N–H and O–H groups in total. The smallest absolute Gasteiger partial charge is 0.240 e. The van der Waals surface area contributed by atoms with Crippen LogP contribution in [0.5, 0.6) is 0 Å². The fourth-order valence-electron chi connectivity index (χ4n) is 2.46. The third kappa shape index (κ3) is 4.87. The number of nitrogens with zero attached hydrogens (tertiary/aromatic N) is 1. The van der Waals surface area contributed by atoms with Gasteiger partial charge in [0.15, 0.2) is 0 Å². The summed E-state index contributed by atoms with van der Waals surface area (Å²) in [4.78, 5) is 14.2. The summed E-state index contributed by atoms with van der Waals surface area (Å²) in [7, 11) is -2.10. The summed E-state index contributed by atoms with van der Waals surface area (Å²) in [5.74, 6) is -0.412. The van der Waals surface area contributed by atoms with Crippen molar-refractivity contribution in [2.24, 2.45) is 0 Å². The third-order valence-electron chi connectivity index (χ3n) is 3.89. The van der Waals surface area contributed by atoms with Gasteiger partial charge in [-0.2, -0.15) is 0 Å². The zero-order valence-corrected chi connectivity index (χ0v) is 15.0. The van der Waals surface area contributed by atoms with Crippen LogP contribution < -0.4 is 9.62 Å². The molecule has 0 heterocycles. The average Bonchev–Trinajstić information content (AvgIpc) is 2.62. The molecule has 0 aliphatic heterocycles. The second-order valence-corrected chi connectivity index (χ2v) is 7.35. The molecule has 0 bridgehead atoms. The van der Waals surface area contributed by atoms with Crippen molar-refractivity contribution in [3.8, 4) is 0 Å². The molecule has 1 amide bonds. The predicted octanol–water partition coefficient (Wildman–Crippen LogP) is 2.72. The first-order valence-electron chi connectivity index (χ1n) is 7.96. The van der Waals surface area contributed by atoms with E-state index in [2.05, 4.69) is 4.72 Å². The molecule has 5 nitrogen and oxygen atoms in total. The molecule has 25 heavy (non-hydrogen) atoms. The summed E-state index contributed by atoms with van der Waals surface area (Å²) in [5.41, 5.74) is 1.53. The van der Waals surface area contributed by atoms with E-state index in [1.165, 1.54) is 31.3 Å². The van der Waals surface area contributed by atoms with E-state index in [1.54, 1.807) is 29.2 Å².